The lowest BCUT2D eigenvalue weighted by Crippen LogP contribution is -2.11. The van der Waals surface area contributed by atoms with Crippen molar-refractivity contribution in [3.8, 4) is 0 Å². The fourth-order valence-electron chi connectivity index (χ4n) is 13.9. The second-order valence-electron chi connectivity index (χ2n) is 21.5. The van der Waals surface area contributed by atoms with Crippen LogP contribution in [0.2, 0.25) is 0 Å². The van der Waals surface area contributed by atoms with Gasteiger partial charge in [0.25, 0.3) is 0 Å². The molecule has 0 aliphatic carbocycles. The third-order valence-electron chi connectivity index (χ3n) is 17.5. The molecule has 5 heterocycles. The third kappa shape index (κ3) is 6.07. The topological polar surface area (TPSA) is 39.3 Å². The average molecular weight is 1020 g/mol. The van der Waals surface area contributed by atoms with Gasteiger partial charge in [0.1, 0.15) is 11.2 Å². The van der Waals surface area contributed by atoms with Crippen LogP contribution >= 0.6 is 0 Å². The van der Waals surface area contributed by atoms with Crippen molar-refractivity contribution < 1.29 is 4.42 Å². The predicted molar refractivity (Wildman–Crippen MR) is 334 cm³/mol. The van der Waals surface area contributed by atoms with Crippen LogP contribution in [0.5, 0.6) is 0 Å². The summed E-state index contributed by atoms with van der Waals surface area (Å²) in [5.41, 5.74) is 17.6. The molecule has 0 saturated carbocycles. The summed E-state index contributed by atoms with van der Waals surface area (Å²) in [5.74, 6) is 0. The second kappa shape index (κ2) is 16.1. The fraction of sp³-hybridized carbons (Fsp3) is 0.0556. The van der Waals surface area contributed by atoms with E-state index >= 15 is 0 Å². The molecular formula is C72H50N6O. The van der Waals surface area contributed by atoms with Crippen LogP contribution < -0.4 is 9.80 Å². The first-order chi connectivity index (χ1) is 38.9. The molecule has 7 nitrogen and oxygen atoms in total. The molecule has 0 amide bonds. The number of fused-ring (bicyclic) bond motifs is 19. The Hall–Kier alpha value is -10.2. The van der Waals surface area contributed by atoms with Gasteiger partial charge < -0.3 is 32.5 Å². The lowest BCUT2D eigenvalue weighted by atomic mass is 9.96. The summed E-state index contributed by atoms with van der Waals surface area (Å²) in [6, 6.07) is 85.1. The summed E-state index contributed by atoms with van der Waals surface area (Å²) in [5, 5.41) is 16.5. The SMILES string of the molecule is Cn1c2ccccc2c2cc(N(c3ccc4c(c3)c3ccccc3n4C)c3cc4oc5cc(N(c6ccc7c(c6)c6ccccc6n7C)c6ccc7c(c6)c6ccccc6n7C)c6ccccc6c5c4c4ccccc34)ccc21. The number of anilines is 6. The van der Waals surface area contributed by atoms with Crippen molar-refractivity contribution in [3.63, 3.8) is 0 Å². The summed E-state index contributed by atoms with van der Waals surface area (Å²) in [6.45, 7) is 0. The van der Waals surface area contributed by atoms with Gasteiger partial charge in [-0.2, -0.15) is 0 Å². The maximum Gasteiger partial charge on any atom is 0.138 e. The van der Waals surface area contributed by atoms with Crippen molar-refractivity contribution in [2.24, 2.45) is 28.2 Å². The van der Waals surface area contributed by atoms with E-state index in [2.05, 4.69) is 287 Å². The lowest BCUT2D eigenvalue weighted by Gasteiger charge is -2.27. The highest BCUT2D eigenvalue weighted by molar-refractivity contribution is 6.30. The predicted octanol–water partition coefficient (Wildman–Crippen LogP) is 19.4. The Kier molecular flexibility index (Phi) is 8.98. The fourth-order valence-corrected chi connectivity index (χ4v) is 13.9. The minimum atomic E-state index is 0.828. The molecule has 0 unspecified atom stereocenters. The standard InChI is InChI=1S/C72H50N6O/c1-73-59-25-13-9-19-49(59)55-37-43(29-33-63(55)73)77(44-30-34-64-56(38-44)50-20-10-14-26-60(50)74(64)2)67-41-69-71(53-23-7-5-17-47(53)67)72-54-24-8-6-18-48(54)68(42-70(72)79-69)78(45-31-35-65-57(39-45)51-21-11-15-27-61(51)75(65)3)46-32-36-66-58(40-46)52-22-12-16-28-62(52)76(66)4/h5-42H,1-4H3. The number of para-hydroxylation sites is 4. The van der Waals surface area contributed by atoms with Crippen LogP contribution in [-0.4, -0.2) is 18.3 Å². The summed E-state index contributed by atoms with van der Waals surface area (Å²) >= 11 is 0. The van der Waals surface area contributed by atoms with Crippen molar-refractivity contribution >= 4 is 165 Å². The first-order valence-corrected chi connectivity index (χ1v) is 27.1. The van der Waals surface area contributed by atoms with Crippen LogP contribution in [0.4, 0.5) is 34.1 Å². The molecule has 0 aliphatic rings. The van der Waals surface area contributed by atoms with Gasteiger partial charge in [0.15, 0.2) is 0 Å². The van der Waals surface area contributed by atoms with Crippen LogP contribution in [0, 0.1) is 0 Å². The van der Waals surface area contributed by atoms with Gasteiger partial charge in [-0.05, 0) is 108 Å². The van der Waals surface area contributed by atoms with Gasteiger partial charge in [-0.3, -0.25) is 0 Å². The van der Waals surface area contributed by atoms with E-state index in [4.69, 9.17) is 4.42 Å². The normalized spacial score (nSPS) is 12.3. The zero-order valence-electron chi connectivity index (χ0n) is 44.0. The Balaban J connectivity index is 0.941. The molecule has 7 heteroatoms. The molecule has 17 rings (SSSR count). The van der Waals surface area contributed by atoms with Gasteiger partial charge in [-0.15, -0.1) is 0 Å². The number of aryl methyl sites for hydroxylation is 4. The largest absolute Gasteiger partial charge is 0.456 e. The van der Waals surface area contributed by atoms with Gasteiger partial charge in [-0.1, -0.05) is 121 Å². The maximum atomic E-state index is 7.45. The molecule has 0 atom stereocenters. The Morgan fingerprint density at radius 1 is 0.241 bits per heavy atom. The van der Waals surface area contributed by atoms with Gasteiger partial charge >= 0.3 is 0 Å². The van der Waals surface area contributed by atoms with Crippen LogP contribution in [0.3, 0.4) is 0 Å². The number of rotatable bonds is 6. The smallest absolute Gasteiger partial charge is 0.138 e. The zero-order valence-corrected chi connectivity index (χ0v) is 44.0. The van der Waals surface area contributed by atoms with Crippen LogP contribution in [0.25, 0.3) is 131 Å². The molecule has 374 valence electrons. The third-order valence-corrected chi connectivity index (χ3v) is 17.5. The summed E-state index contributed by atoms with van der Waals surface area (Å²) in [7, 11) is 8.67. The van der Waals surface area contributed by atoms with Gasteiger partial charge in [0, 0.05) is 172 Å². The Morgan fingerprint density at radius 2 is 0.481 bits per heavy atom. The molecule has 0 radical (unpaired) electrons. The average Bonchev–Trinajstić information content (AvgIpc) is 4.48. The van der Waals surface area contributed by atoms with Crippen LogP contribution in [0.1, 0.15) is 0 Å². The van der Waals surface area contributed by atoms with Crippen molar-refractivity contribution in [2.75, 3.05) is 9.80 Å². The van der Waals surface area contributed by atoms with E-state index in [9.17, 15) is 0 Å². The Bertz CT molecular complexity index is 4890. The van der Waals surface area contributed by atoms with E-state index in [1.165, 1.54) is 87.2 Å². The molecule has 0 N–H and O–H groups in total. The van der Waals surface area contributed by atoms with E-state index in [0.29, 0.717) is 0 Å². The minimum absolute atomic E-state index is 0.828. The van der Waals surface area contributed by atoms with Crippen LogP contribution in [-0.2, 0) is 28.2 Å². The second-order valence-corrected chi connectivity index (χ2v) is 21.5. The van der Waals surface area contributed by atoms with E-state index in [-0.39, 0.29) is 0 Å². The molecule has 0 spiro atoms. The van der Waals surface area contributed by atoms with Gasteiger partial charge in [0.2, 0.25) is 0 Å². The lowest BCUT2D eigenvalue weighted by molar-refractivity contribution is 0.669. The number of aromatic nitrogens is 4. The number of nitrogens with zero attached hydrogens (tertiary/aromatic N) is 6. The minimum Gasteiger partial charge on any atom is -0.456 e. The van der Waals surface area contributed by atoms with Gasteiger partial charge in [-0.25, -0.2) is 0 Å². The van der Waals surface area contributed by atoms with E-state index in [1.54, 1.807) is 0 Å². The number of hydrogen-bond donors (Lipinski definition) is 0. The van der Waals surface area contributed by atoms with Crippen molar-refractivity contribution in [2.45, 2.75) is 0 Å². The molecule has 12 aromatic carbocycles. The highest BCUT2D eigenvalue weighted by atomic mass is 16.3. The molecule has 0 bridgehead atoms. The first-order valence-electron chi connectivity index (χ1n) is 27.1. The molecule has 79 heavy (non-hydrogen) atoms. The molecule has 0 saturated heterocycles. The quantitative estimate of drug-likeness (QED) is 0.167. The number of hydrogen-bond acceptors (Lipinski definition) is 3. The number of benzene rings is 12. The van der Waals surface area contributed by atoms with Crippen LogP contribution in [0.15, 0.2) is 235 Å². The highest BCUT2D eigenvalue weighted by Crippen LogP contribution is 2.51. The van der Waals surface area contributed by atoms with Crippen molar-refractivity contribution in [1.82, 2.24) is 18.3 Å². The Labute approximate surface area is 453 Å². The highest BCUT2D eigenvalue weighted by Gasteiger charge is 2.27. The molecule has 0 fully saturated rings. The Morgan fingerprint density at radius 3 is 0.772 bits per heavy atom. The molecule has 0 aliphatic heterocycles. The maximum absolute atomic E-state index is 7.45. The summed E-state index contributed by atoms with van der Waals surface area (Å²) < 4.78 is 16.7. The van der Waals surface area contributed by atoms with Gasteiger partial charge in [0.05, 0.1) is 11.4 Å². The molecular weight excluding hydrogens is 965 g/mol. The first kappa shape index (κ1) is 43.9. The molecule has 17 aromatic rings. The van der Waals surface area contributed by atoms with E-state index < -0.39 is 0 Å². The number of furan rings is 1. The van der Waals surface area contributed by atoms with Crippen molar-refractivity contribution in [1.29, 1.82) is 0 Å². The van der Waals surface area contributed by atoms with Crippen molar-refractivity contribution in [3.05, 3.63) is 231 Å². The van der Waals surface area contributed by atoms with E-state index in [1.807, 2.05) is 0 Å². The van der Waals surface area contributed by atoms with E-state index in [0.717, 1.165) is 77.6 Å². The monoisotopic (exact) mass is 1010 g/mol. The summed E-state index contributed by atoms with van der Waals surface area (Å²) in [4.78, 5) is 4.91. The molecule has 5 aromatic heterocycles. The zero-order chi connectivity index (χ0) is 52.4. The summed E-state index contributed by atoms with van der Waals surface area (Å²) in [6.07, 6.45) is 0.